The molecule has 1 aliphatic heterocycles. The lowest BCUT2D eigenvalue weighted by atomic mass is 10.0. The summed E-state index contributed by atoms with van der Waals surface area (Å²) in [5.41, 5.74) is 0.316. The van der Waals surface area contributed by atoms with Gasteiger partial charge in [0.2, 0.25) is 0 Å². The Hall–Kier alpha value is -3.27. The third-order valence-electron chi connectivity index (χ3n) is 4.99. The van der Waals surface area contributed by atoms with Gasteiger partial charge < -0.3 is 29.3 Å². The molecule has 32 heavy (non-hydrogen) atoms. The van der Waals surface area contributed by atoms with Crippen LogP contribution in [0.15, 0.2) is 24.8 Å². The van der Waals surface area contributed by atoms with Crippen LogP contribution in [-0.2, 0) is 9.53 Å². The number of carboxylic acid groups (broad SMARTS) is 1. The average molecular weight is 450 g/mol. The summed E-state index contributed by atoms with van der Waals surface area (Å²) in [4.78, 5) is 37.8. The Kier molecular flexibility index (Phi) is 9.80. The number of aliphatic hydroxyl groups excluding tert-OH is 1. The van der Waals surface area contributed by atoms with E-state index < -0.39 is 12.1 Å². The predicted molar refractivity (Wildman–Crippen MR) is 116 cm³/mol. The number of carbonyl (C=O) groups is 3. The monoisotopic (exact) mass is 450 g/mol. The first-order valence-corrected chi connectivity index (χ1v) is 10.4. The molecule has 2 rings (SSSR count). The molecule has 176 valence electrons. The molecule has 0 aromatic heterocycles. The fourth-order valence-corrected chi connectivity index (χ4v) is 3.41. The molecule has 1 heterocycles. The molecule has 1 atom stereocenters. The van der Waals surface area contributed by atoms with E-state index in [4.69, 9.17) is 19.3 Å². The minimum Gasteiger partial charge on any atom is -0.493 e. The van der Waals surface area contributed by atoms with Gasteiger partial charge in [0.1, 0.15) is 6.61 Å². The third-order valence-corrected chi connectivity index (χ3v) is 4.99. The molecule has 1 aromatic carbocycles. The average Bonchev–Trinajstić information content (AvgIpc) is 2.79. The van der Waals surface area contributed by atoms with Crippen LogP contribution in [0.4, 0.5) is 10.5 Å². The van der Waals surface area contributed by atoms with E-state index in [1.165, 1.54) is 25.3 Å². The van der Waals surface area contributed by atoms with Gasteiger partial charge in [0.05, 0.1) is 37.6 Å². The second-order valence-electron chi connectivity index (χ2n) is 7.24. The number of amides is 2. The number of carbonyl (C=O) groups excluding carboxylic acids is 2. The first kappa shape index (κ1) is 25.0. The van der Waals surface area contributed by atoms with Crippen LogP contribution >= 0.6 is 0 Å². The number of carboxylic acids is 1. The molecule has 1 fully saturated rings. The van der Waals surface area contributed by atoms with E-state index in [1.54, 1.807) is 4.90 Å². The molecular weight excluding hydrogens is 420 g/mol. The maximum Gasteiger partial charge on any atom is 0.411 e. The zero-order chi connectivity index (χ0) is 23.5. The first-order valence-electron chi connectivity index (χ1n) is 10.4. The number of piperidine rings is 1. The van der Waals surface area contributed by atoms with Crippen molar-refractivity contribution < 1.29 is 38.8 Å². The van der Waals surface area contributed by atoms with Crippen molar-refractivity contribution in [3.05, 3.63) is 30.4 Å². The van der Waals surface area contributed by atoms with Crippen LogP contribution in [0, 0.1) is 0 Å². The number of anilines is 1. The lowest BCUT2D eigenvalue weighted by Crippen LogP contribution is -2.45. The molecule has 3 N–H and O–H groups in total. The molecule has 0 saturated carbocycles. The summed E-state index contributed by atoms with van der Waals surface area (Å²) in [5.74, 6) is -0.802. The van der Waals surface area contributed by atoms with Crippen molar-refractivity contribution in [3.63, 3.8) is 0 Å². The van der Waals surface area contributed by atoms with Crippen molar-refractivity contribution in [1.82, 2.24) is 4.90 Å². The molecule has 0 aliphatic carbocycles. The van der Waals surface area contributed by atoms with Crippen LogP contribution in [0.5, 0.6) is 11.5 Å². The number of ether oxygens (including phenoxy) is 3. The predicted octanol–water partition coefficient (Wildman–Crippen LogP) is 2.66. The summed E-state index contributed by atoms with van der Waals surface area (Å²) < 4.78 is 16.0. The fourth-order valence-electron chi connectivity index (χ4n) is 3.41. The van der Waals surface area contributed by atoms with Crippen LogP contribution in [0.1, 0.15) is 42.5 Å². The Morgan fingerprint density at radius 2 is 2.06 bits per heavy atom. The fraction of sp³-hybridized carbons (Fsp3) is 0.500. The number of aliphatic carboxylic acids is 1. The standard InChI is InChI=1S/C22H30N2O8/c1-3-10-32-22(29)23-17-13-19(31-11-6-8-20(26)27)18(30-2)12-16(17)21(28)24-9-5-4-7-15(24)14-25/h3,12-13,15,25H,1,4-11,14H2,2H3,(H,23,29)(H,26,27)/t15-/m0/s1. The molecule has 0 unspecified atom stereocenters. The number of hydrogen-bond donors (Lipinski definition) is 3. The van der Waals surface area contributed by atoms with Gasteiger partial charge in [-0.1, -0.05) is 12.7 Å². The van der Waals surface area contributed by atoms with Crippen LogP contribution < -0.4 is 14.8 Å². The molecule has 1 saturated heterocycles. The lowest BCUT2D eigenvalue weighted by Gasteiger charge is -2.35. The maximum atomic E-state index is 13.3. The van der Waals surface area contributed by atoms with Gasteiger partial charge in [-0.15, -0.1) is 0 Å². The molecule has 0 spiro atoms. The van der Waals surface area contributed by atoms with Crippen LogP contribution in [0.3, 0.4) is 0 Å². The lowest BCUT2D eigenvalue weighted by molar-refractivity contribution is -0.137. The zero-order valence-corrected chi connectivity index (χ0v) is 18.2. The Labute approximate surface area is 186 Å². The van der Waals surface area contributed by atoms with E-state index in [0.29, 0.717) is 13.0 Å². The van der Waals surface area contributed by atoms with Gasteiger partial charge in [0, 0.05) is 19.0 Å². The molecule has 2 amide bonds. The van der Waals surface area contributed by atoms with E-state index in [1.807, 2.05) is 0 Å². The van der Waals surface area contributed by atoms with Crippen molar-refractivity contribution in [1.29, 1.82) is 0 Å². The van der Waals surface area contributed by atoms with E-state index in [0.717, 1.165) is 12.8 Å². The summed E-state index contributed by atoms with van der Waals surface area (Å²) in [6, 6.07) is 2.59. The Morgan fingerprint density at radius 3 is 2.72 bits per heavy atom. The summed E-state index contributed by atoms with van der Waals surface area (Å²) >= 11 is 0. The van der Waals surface area contributed by atoms with Gasteiger partial charge in [0.25, 0.3) is 5.91 Å². The molecule has 10 heteroatoms. The van der Waals surface area contributed by atoms with Crippen molar-refractivity contribution in [3.8, 4) is 11.5 Å². The highest BCUT2D eigenvalue weighted by molar-refractivity contribution is 6.03. The van der Waals surface area contributed by atoms with E-state index in [9.17, 15) is 19.5 Å². The Bertz CT molecular complexity index is 826. The highest BCUT2D eigenvalue weighted by Crippen LogP contribution is 2.35. The quantitative estimate of drug-likeness (QED) is 0.346. The van der Waals surface area contributed by atoms with Crippen LogP contribution in [-0.4, -0.2) is 72.6 Å². The molecule has 1 aliphatic rings. The van der Waals surface area contributed by atoms with Crippen molar-refractivity contribution >= 4 is 23.7 Å². The van der Waals surface area contributed by atoms with Gasteiger partial charge in [-0.3, -0.25) is 14.9 Å². The number of methoxy groups -OCH3 is 1. The van der Waals surface area contributed by atoms with Gasteiger partial charge >= 0.3 is 12.1 Å². The number of likely N-dealkylation sites (tertiary alicyclic amines) is 1. The second kappa shape index (κ2) is 12.6. The normalized spacial score (nSPS) is 15.6. The van der Waals surface area contributed by atoms with E-state index in [-0.39, 0.29) is 67.4 Å². The van der Waals surface area contributed by atoms with Crippen molar-refractivity contribution in [2.75, 3.05) is 38.8 Å². The second-order valence-corrected chi connectivity index (χ2v) is 7.24. The summed E-state index contributed by atoms with van der Waals surface area (Å²) in [5, 5.41) is 21.0. The number of hydrogen-bond acceptors (Lipinski definition) is 7. The number of rotatable bonds is 11. The first-order chi connectivity index (χ1) is 15.4. The maximum absolute atomic E-state index is 13.3. The summed E-state index contributed by atoms with van der Waals surface area (Å²) in [6.45, 7) is 3.91. The van der Waals surface area contributed by atoms with Gasteiger partial charge in [0.15, 0.2) is 11.5 Å². The van der Waals surface area contributed by atoms with Crippen molar-refractivity contribution in [2.45, 2.75) is 38.1 Å². The summed E-state index contributed by atoms with van der Waals surface area (Å²) in [7, 11) is 1.41. The number of nitrogens with zero attached hydrogens (tertiary/aromatic N) is 1. The topological polar surface area (TPSA) is 135 Å². The minimum absolute atomic E-state index is 0.0114. The minimum atomic E-state index is -0.936. The van der Waals surface area contributed by atoms with Gasteiger partial charge in [-0.05, 0) is 31.7 Å². The van der Waals surface area contributed by atoms with Crippen LogP contribution in [0.2, 0.25) is 0 Å². The zero-order valence-electron chi connectivity index (χ0n) is 18.2. The summed E-state index contributed by atoms with van der Waals surface area (Å²) in [6.07, 6.45) is 3.27. The smallest absolute Gasteiger partial charge is 0.411 e. The number of nitrogens with one attached hydrogen (secondary N) is 1. The van der Waals surface area contributed by atoms with Gasteiger partial charge in [-0.25, -0.2) is 4.79 Å². The molecule has 10 nitrogen and oxygen atoms in total. The largest absolute Gasteiger partial charge is 0.493 e. The van der Waals surface area contributed by atoms with Crippen molar-refractivity contribution in [2.24, 2.45) is 0 Å². The highest BCUT2D eigenvalue weighted by atomic mass is 16.5. The van der Waals surface area contributed by atoms with Crippen LogP contribution in [0.25, 0.3) is 0 Å². The molecular formula is C22H30N2O8. The number of aliphatic hydroxyl groups is 1. The Morgan fingerprint density at radius 1 is 1.28 bits per heavy atom. The molecule has 0 bridgehead atoms. The highest BCUT2D eigenvalue weighted by Gasteiger charge is 2.30. The molecule has 0 radical (unpaired) electrons. The third kappa shape index (κ3) is 6.88. The number of benzene rings is 1. The SMILES string of the molecule is C=CCOC(=O)Nc1cc(OCCCC(=O)O)c(OC)cc1C(=O)N1CCCC[C@H]1CO. The molecule has 1 aromatic rings. The Balaban J connectivity index is 2.36. The van der Waals surface area contributed by atoms with E-state index in [2.05, 4.69) is 11.9 Å². The van der Waals surface area contributed by atoms with E-state index >= 15 is 0 Å². The van der Waals surface area contributed by atoms with Gasteiger partial charge in [-0.2, -0.15) is 0 Å².